The fraction of sp³-hybridized carbons (Fsp3) is 0.326. The number of carbonyl (C=O) groups excluding carboxylic acids is 3. The molecule has 1 atom stereocenters. The molecule has 15 nitrogen and oxygen atoms in total. The van der Waals surface area contributed by atoms with Crippen LogP contribution in [-0.2, 0) is 46.0 Å². The van der Waals surface area contributed by atoms with Gasteiger partial charge in [-0.15, -0.1) is 0 Å². The van der Waals surface area contributed by atoms with Gasteiger partial charge in [0.05, 0.1) is 29.0 Å². The van der Waals surface area contributed by atoms with E-state index in [0.717, 1.165) is 16.5 Å². The number of esters is 1. The number of amides is 3. The summed E-state index contributed by atoms with van der Waals surface area (Å²) in [6.07, 6.45) is -0.109. The molecule has 3 aromatic carbocycles. The Balaban J connectivity index is 0.914. The van der Waals surface area contributed by atoms with Crippen LogP contribution in [0.25, 0.3) is 28.0 Å². The van der Waals surface area contributed by atoms with E-state index in [1.807, 2.05) is 29.8 Å². The summed E-state index contributed by atoms with van der Waals surface area (Å²) >= 11 is -0.894. The van der Waals surface area contributed by atoms with E-state index in [2.05, 4.69) is 3.53 Å². The van der Waals surface area contributed by atoms with Gasteiger partial charge in [-0.3, -0.25) is 4.79 Å². The number of anilines is 1. The number of benzene rings is 3. The fourth-order valence-electron chi connectivity index (χ4n) is 9.08. The fourth-order valence-corrected chi connectivity index (χ4v) is 10.7. The topological polar surface area (TPSA) is 187 Å². The molecule has 0 aliphatic carbocycles. The zero-order valence-corrected chi connectivity index (χ0v) is 37.2. The minimum absolute atomic E-state index is 0.00713. The average molecular weight is 972 g/mol. The summed E-state index contributed by atoms with van der Waals surface area (Å²) in [7, 11) is 0. The molecule has 0 radical (unpaired) electrons. The number of halogens is 2. The van der Waals surface area contributed by atoms with Crippen molar-refractivity contribution in [1.29, 1.82) is 0 Å². The van der Waals surface area contributed by atoms with Crippen molar-refractivity contribution in [2.24, 2.45) is 0 Å². The van der Waals surface area contributed by atoms with E-state index in [0.29, 0.717) is 58.8 Å². The number of aromatic nitrogens is 2. The normalized spacial score (nSPS) is 18.6. The van der Waals surface area contributed by atoms with Crippen LogP contribution in [0.4, 0.5) is 19.7 Å². The van der Waals surface area contributed by atoms with E-state index in [-0.39, 0.29) is 84.7 Å². The van der Waals surface area contributed by atoms with Gasteiger partial charge in [0.25, 0.3) is 5.56 Å². The molecule has 4 N–H and O–H groups in total. The number of carbonyl (C=O) groups is 3. The molecule has 1 fully saturated rings. The third kappa shape index (κ3) is 7.10. The molecule has 1 saturated heterocycles. The molecule has 17 heteroatoms. The van der Waals surface area contributed by atoms with Crippen LogP contribution in [0.2, 0.25) is 0 Å². The van der Waals surface area contributed by atoms with Gasteiger partial charge in [-0.2, -0.15) is 0 Å². The number of nitrogens with zero attached hydrogens (tertiary/aromatic N) is 5. The average Bonchev–Trinajstić information content (AvgIpc) is 3.63. The Kier molecular flexibility index (Phi) is 10.8. The van der Waals surface area contributed by atoms with E-state index in [4.69, 9.17) is 14.5 Å². The van der Waals surface area contributed by atoms with Crippen LogP contribution in [0, 0.1) is 5.82 Å². The Morgan fingerprint density at radius 2 is 1.76 bits per heavy atom. The molecule has 1 unspecified atom stereocenters. The summed E-state index contributed by atoms with van der Waals surface area (Å²) in [4.78, 5) is 64.7. The molecule has 3 amide bonds. The van der Waals surface area contributed by atoms with E-state index in [1.165, 1.54) is 21.9 Å². The van der Waals surface area contributed by atoms with Gasteiger partial charge in [-0.25, -0.2) is 14.6 Å². The van der Waals surface area contributed by atoms with Crippen molar-refractivity contribution in [3.8, 4) is 28.6 Å². The number of aryl methyl sites for hydroxylation is 1. The SMILES string of the molecule is CCc1c2c(nc3ccc(O)cc13)-c1cc3c(c(=O)n1C2)COC(=O)C3(CC)OC(=O)N1CCN(Cc2ccc(N3C(=O)N[I-]C=C3c3cc(C(C)C)c(O)cc3O)cc2F)CC1. The van der Waals surface area contributed by atoms with Crippen molar-refractivity contribution < 1.29 is 65.0 Å². The van der Waals surface area contributed by atoms with Gasteiger partial charge in [0, 0.05) is 16.5 Å². The minimum atomic E-state index is -1.89. The van der Waals surface area contributed by atoms with Crippen LogP contribution in [0.15, 0.2) is 63.5 Å². The monoisotopic (exact) mass is 971 g/mol. The molecule has 63 heavy (non-hydrogen) atoms. The second-order valence-electron chi connectivity index (χ2n) is 16.4. The first-order chi connectivity index (χ1) is 30.2. The van der Waals surface area contributed by atoms with Crippen molar-refractivity contribution in [3.63, 3.8) is 0 Å². The van der Waals surface area contributed by atoms with Gasteiger partial charge in [0.1, 0.15) is 12.4 Å². The summed E-state index contributed by atoms with van der Waals surface area (Å²) in [6, 6.07) is 13.7. The van der Waals surface area contributed by atoms with Crippen LogP contribution < -0.4 is 35.5 Å². The first-order valence-corrected chi connectivity index (χ1v) is 23.1. The Hall–Kier alpha value is -6.21. The van der Waals surface area contributed by atoms with E-state index < -0.39 is 51.0 Å². The Morgan fingerprint density at radius 1 is 0.984 bits per heavy atom. The van der Waals surface area contributed by atoms with Crippen LogP contribution in [0.5, 0.6) is 17.2 Å². The van der Waals surface area contributed by atoms with Crippen molar-refractivity contribution in [2.75, 3.05) is 31.1 Å². The molecule has 4 aliphatic heterocycles. The molecule has 0 spiro atoms. The van der Waals surface area contributed by atoms with E-state index >= 15 is 4.39 Å². The Bertz CT molecular complexity index is 2860. The van der Waals surface area contributed by atoms with Crippen molar-refractivity contribution >= 4 is 40.4 Å². The number of ether oxygens (including phenoxy) is 2. The van der Waals surface area contributed by atoms with Gasteiger partial charge in [-0.1, -0.05) is 13.8 Å². The maximum atomic E-state index is 15.9. The molecule has 2 aromatic heterocycles. The molecular formula is C46H45FIN6O9-. The number of urea groups is 1. The summed E-state index contributed by atoms with van der Waals surface area (Å²) < 4.78 is 33.9. The van der Waals surface area contributed by atoms with Gasteiger partial charge < -0.3 is 19.1 Å². The number of hydrogen-bond donors (Lipinski definition) is 4. The maximum absolute atomic E-state index is 15.9. The van der Waals surface area contributed by atoms with Gasteiger partial charge >= 0.3 is 209 Å². The first kappa shape index (κ1) is 42.1. The summed E-state index contributed by atoms with van der Waals surface area (Å²) in [5.74, 6) is -1.52. The van der Waals surface area contributed by atoms with Crippen molar-refractivity contribution in [1.82, 2.24) is 22.9 Å². The molecule has 9 rings (SSSR count). The molecule has 328 valence electrons. The van der Waals surface area contributed by atoms with Crippen LogP contribution in [0.1, 0.15) is 79.0 Å². The molecular weight excluding hydrogens is 926 g/mol. The number of pyridine rings is 2. The second-order valence-corrected chi connectivity index (χ2v) is 18.2. The number of nitrogens with one attached hydrogen (secondary N) is 1. The van der Waals surface area contributed by atoms with Crippen LogP contribution in [-0.4, -0.2) is 78.9 Å². The number of fused-ring (bicyclic) bond motifs is 5. The standard InChI is InChI=1S/C46H45FIN6O9/c1-5-28-30-16-27(55)9-10-36(30)49-41-32(28)22-53-37(41)18-34-33(42(53)58)23-62-43(59)46(34,6-2)63-45(61)52-13-11-51(12-14-52)21-25-7-8-26(15-35(25)47)54-38(20-48-50-44(54)60)31-17-29(24(3)4)39(56)19-40(31)57/h7-10,15-20,24,55-57H,5-6,11-14,21-23H2,1-4H3,(H,50,60)/q-1. The summed E-state index contributed by atoms with van der Waals surface area (Å²) in [6.45, 7) is 8.87. The molecule has 5 aromatic rings. The Morgan fingerprint density at radius 3 is 2.48 bits per heavy atom. The number of phenols is 3. The molecule has 0 bridgehead atoms. The third-order valence-corrected chi connectivity index (χ3v) is 14.1. The number of rotatable bonds is 8. The second kappa shape index (κ2) is 16.2. The zero-order valence-electron chi connectivity index (χ0n) is 35.0. The number of phenolic OH excluding ortho intramolecular Hbond substituents is 3. The quantitative estimate of drug-likeness (QED) is 0.0994. The number of aromatic hydroxyl groups is 3. The summed E-state index contributed by atoms with van der Waals surface area (Å²) in [5, 5.41) is 32.2. The Labute approximate surface area is 372 Å². The van der Waals surface area contributed by atoms with Crippen molar-refractivity contribution in [3.05, 3.63) is 114 Å². The number of piperazine rings is 1. The number of hydrogen-bond acceptors (Lipinski definition) is 11. The van der Waals surface area contributed by atoms with Gasteiger partial charge in [0.2, 0.25) is 5.60 Å². The van der Waals surface area contributed by atoms with Gasteiger partial charge in [-0.05, 0) is 42.7 Å². The van der Waals surface area contributed by atoms with Gasteiger partial charge in [0.15, 0.2) is 0 Å². The van der Waals surface area contributed by atoms with E-state index in [1.54, 1.807) is 54.0 Å². The predicted octanol–water partition coefficient (Wildman–Crippen LogP) is 3.52. The summed E-state index contributed by atoms with van der Waals surface area (Å²) in [5.41, 5.74) is 3.79. The molecule has 6 heterocycles. The van der Waals surface area contributed by atoms with Crippen molar-refractivity contribution in [2.45, 2.75) is 71.8 Å². The molecule has 4 aliphatic rings. The first-order valence-electron chi connectivity index (χ1n) is 20.8. The predicted molar refractivity (Wildman–Crippen MR) is 226 cm³/mol. The zero-order chi connectivity index (χ0) is 44.5. The van der Waals surface area contributed by atoms with E-state index in [9.17, 15) is 34.5 Å². The van der Waals surface area contributed by atoms with Crippen LogP contribution >= 0.6 is 0 Å². The molecule has 0 saturated carbocycles. The third-order valence-electron chi connectivity index (χ3n) is 12.5. The van der Waals surface area contributed by atoms with Crippen LogP contribution in [0.3, 0.4) is 0 Å². The number of cyclic esters (lactones) is 1.